The van der Waals surface area contributed by atoms with Crippen LogP contribution in [-0.2, 0) is 10.8 Å². The monoisotopic (exact) mass is 265 g/mol. The molecule has 0 saturated heterocycles. The number of hydrogen-bond donors (Lipinski definition) is 1. The number of rotatable bonds is 4. The van der Waals surface area contributed by atoms with Gasteiger partial charge in [-0.05, 0) is 36.6 Å². The Hall–Kier alpha value is -0.670. The first-order valence-corrected chi connectivity index (χ1v) is 8.03. The maximum atomic E-state index is 12.5. The Kier molecular flexibility index (Phi) is 4.23. The number of hydrogen-bond acceptors (Lipinski definition) is 2. The van der Waals surface area contributed by atoms with Crippen LogP contribution in [0.25, 0.3) is 0 Å². The van der Waals surface area contributed by atoms with Gasteiger partial charge < -0.3 is 5.32 Å². The molecular weight excluding hydrogens is 242 g/mol. The van der Waals surface area contributed by atoms with E-state index >= 15 is 0 Å². The minimum atomic E-state index is -0.849. The summed E-state index contributed by atoms with van der Waals surface area (Å²) in [6.07, 6.45) is 2.10. The molecule has 0 amide bonds. The zero-order chi connectivity index (χ0) is 13.3. The van der Waals surface area contributed by atoms with Crippen molar-refractivity contribution in [2.24, 2.45) is 0 Å². The van der Waals surface area contributed by atoms with Gasteiger partial charge in [-0.25, -0.2) is 0 Å². The van der Waals surface area contributed by atoms with E-state index < -0.39 is 10.8 Å². The summed E-state index contributed by atoms with van der Waals surface area (Å²) >= 11 is 0. The second-order valence-electron chi connectivity index (χ2n) is 5.34. The van der Waals surface area contributed by atoms with Gasteiger partial charge in [0.05, 0.1) is 16.0 Å². The molecule has 1 aliphatic heterocycles. The molecule has 1 aromatic carbocycles. The summed E-state index contributed by atoms with van der Waals surface area (Å²) in [4.78, 5) is 1.04. The molecule has 0 radical (unpaired) electrons. The Morgan fingerprint density at radius 1 is 1.39 bits per heavy atom. The summed E-state index contributed by atoms with van der Waals surface area (Å²) in [6.45, 7) is 6.56. The number of benzene rings is 1. The molecule has 0 saturated carbocycles. The van der Waals surface area contributed by atoms with Gasteiger partial charge in [-0.15, -0.1) is 0 Å². The number of nitrogens with one attached hydrogen (secondary N) is 1. The number of fused-ring (bicyclic) bond motifs is 1. The van der Waals surface area contributed by atoms with Crippen molar-refractivity contribution in [2.45, 2.75) is 55.7 Å². The predicted molar refractivity (Wildman–Crippen MR) is 77.4 cm³/mol. The molecule has 1 aliphatic rings. The van der Waals surface area contributed by atoms with Crippen molar-refractivity contribution in [2.75, 3.05) is 7.05 Å². The van der Waals surface area contributed by atoms with Crippen LogP contribution in [0.3, 0.4) is 0 Å². The average molecular weight is 265 g/mol. The van der Waals surface area contributed by atoms with E-state index in [0.29, 0.717) is 5.92 Å². The van der Waals surface area contributed by atoms with Crippen molar-refractivity contribution in [3.8, 4) is 0 Å². The SMILES string of the molecule is CCCC1C(NC)c2cc(C(C)C)ccc2S1=O. The fraction of sp³-hybridized carbons (Fsp3) is 0.600. The first kappa shape index (κ1) is 13.8. The largest absolute Gasteiger partial charge is 0.312 e. The minimum absolute atomic E-state index is 0.234. The van der Waals surface area contributed by atoms with Gasteiger partial charge in [0.2, 0.25) is 0 Å². The van der Waals surface area contributed by atoms with E-state index in [1.54, 1.807) is 0 Å². The van der Waals surface area contributed by atoms with E-state index in [2.05, 4.69) is 44.3 Å². The highest BCUT2D eigenvalue weighted by Crippen LogP contribution is 2.39. The van der Waals surface area contributed by atoms with E-state index in [1.807, 2.05) is 7.05 Å². The Labute approximate surface area is 113 Å². The van der Waals surface area contributed by atoms with E-state index in [9.17, 15) is 4.21 Å². The van der Waals surface area contributed by atoms with Crippen LogP contribution in [-0.4, -0.2) is 16.5 Å². The van der Waals surface area contributed by atoms with Crippen molar-refractivity contribution in [3.05, 3.63) is 29.3 Å². The maximum Gasteiger partial charge on any atom is 0.0589 e. The second kappa shape index (κ2) is 5.54. The van der Waals surface area contributed by atoms with Gasteiger partial charge in [-0.3, -0.25) is 4.21 Å². The first-order valence-electron chi connectivity index (χ1n) is 6.81. The topological polar surface area (TPSA) is 29.1 Å². The lowest BCUT2D eigenvalue weighted by molar-refractivity contribution is 0.534. The molecule has 3 atom stereocenters. The van der Waals surface area contributed by atoms with Crippen molar-refractivity contribution in [3.63, 3.8) is 0 Å². The van der Waals surface area contributed by atoms with Crippen LogP contribution >= 0.6 is 0 Å². The van der Waals surface area contributed by atoms with Gasteiger partial charge in [-0.2, -0.15) is 0 Å². The van der Waals surface area contributed by atoms with Crippen molar-refractivity contribution < 1.29 is 4.21 Å². The molecule has 18 heavy (non-hydrogen) atoms. The molecule has 0 fully saturated rings. The molecule has 3 heteroatoms. The fourth-order valence-electron chi connectivity index (χ4n) is 2.74. The van der Waals surface area contributed by atoms with Crippen molar-refractivity contribution in [1.29, 1.82) is 0 Å². The smallest absolute Gasteiger partial charge is 0.0589 e. The highest BCUT2D eigenvalue weighted by Gasteiger charge is 2.37. The van der Waals surface area contributed by atoms with Crippen LogP contribution in [0.2, 0.25) is 0 Å². The van der Waals surface area contributed by atoms with Crippen LogP contribution < -0.4 is 5.32 Å². The molecule has 0 aliphatic carbocycles. The minimum Gasteiger partial charge on any atom is -0.312 e. The maximum absolute atomic E-state index is 12.5. The third-order valence-corrected chi connectivity index (χ3v) is 5.65. The third kappa shape index (κ3) is 2.26. The summed E-state index contributed by atoms with van der Waals surface area (Å²) in [5, 5.41) is 3.59. The molecule has 1 aromatic rings. The van der Waals surface area contributed by atoms with Crippen LogP contribution in [0.5, 0.6) is 0 Å². The molecule has 100 valence electrons. The molecule has 0 bridgehead atoms. The summed E-state index contributed by atoms with van der Waals surface area (Å²) < 4.78 is 12.5. The Balaban J connectivity index is 2.43. The molecule has 2 nitrogen and oxygen atoms in total. The fourth-order valence-corrected chi connectivity index (χ4v) is 4.67. The van der Waals surface area contributed by atoms with Crippen LogP contribution in [0.1, 0.15) is 56.7 Å². The van der Waals surface area contributed by atoms with Gasteiger partial charge in [0.1, 0.15) is 0 Å². The molecule has 2 rings (SSSR count). The lowest BCUT2D eigenvalue weighted by Gasteiger charge is -2.18. The molecule has 0 aromatic heterocycles. The molecule has 1 N–H and O–H groups in total. The van der Waals surface area contributed by atoms with Gasteiger partial charge in [0.25, 0.3) is 0 Å². The zero-order valence-corrected chi connectivity index (χ0v) is 12.5. The van der Waals surface area contributed by atoms with Gasteiger partial charge in [-0.1, -0.05) is 39.3 Å². The quantitative estimate of drug-likeness (QED) is 0.904. The molecule has 1 heterocycles. The normalized spacial score (nSPS) is 26.6. The van der Waals surface area contributed by atoms with Crippen LogP contribution in [0.4, 0.5) is 0 Å². The lowest BCUT2D eigenvalue weighted by atomic mass is 9.95. The second-order valence-corrected chi connectivity index (χ2v) is 6.98. The summed E-state index contributed by atoms with van der Waals surface area (Å²) in [5.41, 5.74) is 2.59. The summed E-state index contributed by atoms with van der Waals surface area (Å²) in [5.74, 6) is 0.520. The predicted octanol–water partition coefficient (Wildman–Crippen LogP) is 3.36. The van der Waals surface area contributed by atoms with Gasteiger partial charge in [0, 0.05) is 10.9 Å². The zero-order valence-electron chi connectivity index (χ0n) is 11.7. The van der Waals surface area contributed by atoms with Gasteiger partial charge in [0.15, 0.2) is 0 Å². The Morgan fingerprint density at radius 2 is 2.11 bits per heavy atom. The molecular formula is C15H23NOS. The summed E-state index contributed by atoms with van der Waals surface area (Å²) in [7, 11) is 1.12. The van der Waals surface area contributed by atoms with Crippen molar-refractivity contribution >= 4 is 10.8 Å². The average Bonchev–Trinajstić information content (AvgIpc) is 2.62. The van der Waals surface area contributed by atoms with E-state index in [4.69, 9.17) is 0 Å². The Bertz CT molecular complexity index is 456. The van der Waals surface area contributed by atoms with Crippen LogP contribution in [0.15, 0.2) is 23.1 Å². The molecule has 3 unspecified atom stereocenters. The highest BCUT2D eigenvalue weighted by atomic mass is 32.2. The first-order chi connectivity index (χ1) is 8.60. The van der Waals surface area contributed by atoms with Crippen molar-refractivity contribution in [1.82, 2.24) is 5.32 Å². The summed E-state index contributed by atoms with van der Waals surface area (Å²) in [6, 6.07) is 6.69. The molecule has 0 spiro atoms. The van der Waals surface area contributed by atoms with E-state index in [-0.39, 0.29) is 11.3 Å². The van der Waals surface area contributed by atoms with Gasteiger partial charge >= 0.3 is 0 Å². The standard InChI is InChI=1S/C15H23NOS/c1-5-6-14-15(16-4)12-9-11(10(2)3)7-8-13(12)18(14)17/h7-10,14-16H,5-6H2,1-4H3. The highest BCUT2D eigenvalue weighted by molar-refractivity contribution is 7.86. The third-order valence-electron chi connectivity index (χ3n) is 3.78. The Morgan fingerprint density at radius 3 is 2.67 bits per heavy atom. The lowest BCUT2D eigenvalue weighted by Crippen LogP contribution is -2.27. The van der Waals surface area contributed by atoms with Crippen LogP contribution in [0, 0.1) is 0 Å². The van der Waals surface area contributed by atoms with E-state index in [1.165, 1.54) is 11.1 Å². The van der Waals surface area contributed by atoms with E-state index in [0.717, 1.165) is 17.7 Å².